The molecule has 1 heterocycles. The summed E-state index contributed by atoms with van der Waals surface area (Å²) in [5.41, 5.74) is 5.57. The van der Waals surface area contributed by atoms with Crippen LogP contribution in [0.15, 0.2) is 29.2 Å². The molecule has 21 heavy (non-hydrogen) atoms. The quantitative estimate of drug-likeness (QED) is 0.795. The van der Waals surface area contributed by atoms with E-state index in [-0.39, 0.29) is 17.3 Å². The minimum Gasteiger partial charge on any atom is -0.399 e. The number of nitrogens with one attached hydrogen (secondary N) is 1. The fraction of sp³-hybridized carbons (Fsp3) is 0.167. The van der Waals surface area contributed by atoms with Gasteiger partial charge in [0.05, 0.1) is 9.36 Å². The van der Waals surface area contributed by atoms with E-state index in [4.69, 9.17) is 28.9 Å². The predicted molar refractivity (Wildman–Crippen MR) is 84.0 cm³/mol. The SMILES string of the molecule is Nc1cc(Cl)c(F)c(S(=O)(=O)NCCc2ccc(Cl)s2)c1. The van der Waals surface area contributed by atoms with Crippen LogP contribution in [0.5, 0.6) is 0 Å². The molecule has 0 saturated heterocycles. The molecule has 3 N–H and O–H groups in total. The number of halogens is 3. The number of anilines is 1. The molecule has 0 aliphatic heterocycles. The van der Waals surface area contributed by atoms with Crippen molar-refractivity contribution in [3.05, 3.63) is 44.3 Å². The molecular weight excluding hydrogens is 358 g/mol. The standard InChI is InChI=1S/C12H11Cl2FN2O2S2/c13-9-5-7(16)6-10(12(9)15)21(18,19)17-4-3-8-1-2-11(14)20-8/h1-2,5-6,17H,3-4,16H2. The van der Waals surface area contributed by atoms with Crippen molar-refractivity contribution in [2.24, 2.45) is 0 Å². The zero-order valence-electron chi connectivity index (χ0n) is 10.6. The third-order valence-corrected chi connectivity index (χ3v) is 5.63. The van der Waals surface area contributed by atoms with Crippen molar-refractivity contribution in [3.8, 4) is 0 Å². The van der Waals surface area contributed by atoms with Crippen molar-refractivity contribution >= 4 is 50.2 Å². The maximum absolute atomic E-state index is 13.8. The number of sulfonamides is 1. The summed E-state index contributed by atoms with van der Waals surface area (Å²) in [6, 6.07) is 5.72. The minimum absolute atomic E-state index is 0.0758. The number of rotatable bonds is 5. The van der Waals surface area contributed by atoms with Gasteiger partial charge in [-0.05, 0) is 30.7 Å². The minimum atomic E-state index is -4.02. The van der Waals surface area contributed by atoms with Gasteiger partial charge in [-0.1, -0.05) is 23.2 Å². The molecule has 0 unspecified atom stereocenters. The fourth-order valence-electron chi connectivity index (χ4n) is 1.65. The van der Waals surface area contributed by atoms with Crippen LogP contribution in [-0.4, -0.2) is 15.0 Å². The topological polar surface area (TPSA) is 72.2 Å². The lowest BCUT2D eigenvalue weighted by molar-refractivity contribution is 0.557. The van der Waals surface area contributed by atoms with E-state index in [2.05, 4.69) is 4.72 Å². The maximum Gasteiger partial charge on any atom is 0.243 e. The third-order valence-electron chi connectivity index (χ3n) is 2.60. The Kier molecular flexibility index (Phi) is 5.11. The summed E-state index contributed by atoms with van der Waals surface area (Å²) in [6.45, 7) is 0.116. The lowest BCUT2D eigenvalue weighted by atomic mass is 10.3. The Balaban J connectivity index is 2.12. The van der Waals surface area contributed by atoms with Gasteiger partial charge in [0, 0.05) is 17.1 Å². The highest BCUT2D eigenvalue weighted by Gasteiger charge is 2.21. The van der Waals surface area contributed by atoms with Gasteiger partial charge in [-0.3, -0.25) is 0 Å². The third kappa shape index (κ3) is 4.08. The number of hydrogen-bond acceptors (Lipinski definition) is 4. The smallest absolute Gasteiger partial charge is 0.243 e. The number of nitrogen functional groups attached to an aromatic ring is 1. The molecule has 0 amide bonds. The van der Waals surface area contributed by atoms with Gasteiger partial charge >= 0.3 is 0 Å². The summed E-state index contributed by atoms with van der Waals surface area (Å²) in [5.74, 6) is -1.02. The first-order valence-electron chi connectivity index (χ1n) is 5.78. The highest BCUT2D eigenvalue weighted by molar-refractivity contribution is 7.89. The van der Waals surface area contributed by atoms with E-state index in [1.807, 2.05) is 0 Å². The molecule has 0 aliphatic carbocycles. The molecule has 114 valence electrons. The van der Waals surface area contributed by atoms with Crippen molar-refractivity contribution in [1.82, 2.24) is 4.72 Å². The van der Waals surface area contributed by atoms with Gasteiger partial charge in [0.2, 0.25) is 10.0 Å². The van der Waals surface area contributed by atoms with E-state index in [1.54, 1.807) is 12.1 Å². The molecule has 0 radical (unpaired) electrons. The molecule has 1 aromatic carbocycles. The van der Waals surface area contributed by atoms with Gasteiger partial charge in [-0.15, -0.1) is 11.3 Å². The van der Waals surface area contributed by atoms with Gasteiger partial charge in [0.25, 0.3) is 0 Å². The van der Waals surface area contributed by atoms with E-state index in [1.165, 1.54) is 11.3 Å². The van der Waals surface area contributed by atoms with Crippen molar-refractivity contribution in [1.29, 1.82) is 0 Å². The number of nitrogens with two attached hydrogens (primary N) is 1. The maximum atomic E-state index is 13.8. The molecule has 0 atom stereocenters. The summed E-state index contributed by atoms with van der Waals surface area (Å²) in [4.78, 5) is 0.366. The average molecular weight is 369 g/mol. The second-order valence-electron chi connectivity index (χ2n) is 4.17. The Morgan fingerprint density at radius 3 is 2.62 bits per heavy atom. The highest BCUT2D eigenvalue weighted by Crippen LogP contribution is 2.26. The van der Waals surface area contributed by atoms with E-state index < -0.39 is 20.7 Å². The van der Waals surface area contributed by atoms with Crippen molar-refractivity contribution in [2.75, 3.05) is 12.3 Å². The number of thiophene rings is 1. The second-order valence-corrected chi connectivity index (χ2v) is 8.11. The summed E-state index contributed by atoms with van der Waals surface area (Å²) < 4.78 is 40.9. The zero-order valence-corrected chi connectivity index (χ0v) is 13.7. The molecule has 1 aromatic heterocycles. The van der Waals surface area contributed by atoms with Gasteiger partial charge in [-0.2, -0.15) is 0 Å². The number of benzene rings is 1. The summed E-state index contributed by atoms with van der Waals surface area (Å²) in [7, 11) is -4.02. The Morgan fingerprint density at radius 1 is 1.29 bits per heavy atom. The molecule has 2 rings (SSSR count). The van der Waals surface area contributed by atoms with Crippen LogP contribution in [-0.2, 0) is 16.4 Å². The zero-order chi connectivity index (χ0) is 15.6. The molecule has 0 bridgehead atoms. The van der Waals surface area contributed by atoms with E-state index in [9.17, 15) is 12.8 Å². The Bertz CT molecular complexity index is 763. The first kappa shape index (κ1) is 16.5. The summed E-state index contributed by atoms with van der Waals surface area (Å²) in [6.07, 6.45) is 0.453. The Hall–Kier alpha value is -0.860. The normalized spacial score (nSPS) is 11.8. The van der Waals surface area contributed by atoms with Crippen LogP contribution in [0, 0.1) is 5.82 Å². The summed E-state index contributed by atoms with van der Waals surface area (Å²) in [5, 5.41) is -0.333. The van der Waals surface area contributed by atoms with Crippen LogP contribution >= 0.6 is 34.5 Å². The highest BCUT2D eigenvalue weighted by atomic mass is 35.5. The Labute approximate surface area is 135 Å². The molecular formula is C12H11Cl2FN2O2S2. The van der Waals surface area contributed by atoms with E-state index in [0.29, 0.717) is 10.8 Å². The largest absolute Gasteiger partial charge is 0.399 e. The molecule has 0 spiro atoms. The predicted octanol–water partition coefficient (Wildman–Crippen LogP) is 3.30. The fourth-order valence-corrected chi connectivity index (χ4v) is 4.19. The molecule has 0 aliphatic rings. The van der Waals surface area contributed by atoms with Crippen LogP contribution in [0.1, 0.15) is 4.88 Å². The lowest BCUT2D eigenvalue weighted by Gasteiger charge is -2.09. The van der Waals surface area contributed by atoms with E-state index in [0.717, 1.165) is 17.0 Å². The molecule has 0 fully saturated rings. The van der Waals surface area contributed by atoms with Crippen molar-refractivity contribution < 1.29 is 12.8 Å². The van der Waals surface area contributed by atoms with Crippen LogP contribution in [0.2, 0.25) is 9.36 Å². The molecule has 0 saturated carbocycles. The first-order valence-corrected chi connectivity index (χ1v) is 8.83. The van der Waals surface area contributed by atoms with Crippen LogP contribution in [0.3, 0.4) is 0 Å². The molecule has 2 aromatic rings. The lowest BCUT2D eigenvalue weighted by Crippen LogP contribution is -2.26. The van der Waals surface area contributed by atoms with Crippen LogP contribution in [0.4, 0.5) is 10.1 Å². The van der Waals surface area contributed by atoms with E-state index >= 15 is 0 Å². The first-order chi connectivity index (χ1) is 9.79. The molecule has 4 nitrogen and oxygen atoms in total. The second kappa shape index (κ2) is 6.50. The van der Waals surface area contributed by atoms with Gasteiger partial charge < -0.3 is 5.73 Å². The van der Waals surface area contributed by atoms with Crippen LogP contribution < -0.4 is 10.5 Å². The Morgan fingerprint density at radius 2 is 2.00 bits per heavy atom. The van der Waals surface area contributed by atoms with Crippen LogP contribution in [0.25, 0.3) is 0 Å². The van der Waals surface area contributed by atoms with Gasteiger partial charge in [0.15, 0.2) is 5.82 Å². The summed E-state index contributed by atoms with van der Waals surface area (Å²) >= 11 is 12.7. The average Bonchev–Trinajstić information content (AvgIpc) is 2.79. The van der Waals surface area contributed by atoms with Gasteiger partial charge in [-0.25, -0.2) is 17.5 Å². The number of hydrogen-bond donors (Lipinski definition) is 2. The van der Waals surface area contributed by atoms with Crippen molar-refractivity contribution in [3.63, 3.8) is 0 Å². The van der Waals surface area contributed by atoms with Gasteiger partial charge in [0.1, 0.15) is 4.90 Å². The monoisotopic (exact) mass is 368 g/mol. The molecule has 9 heteroatoms. The van der Waals surface area contributed by atoms with Crippen molar-refractivity contribution in [2.45, 2.75) is 11.3 Å².